The number of carbonyl (C=O) groups is 7. The normalized spacial score (nSPS) is 32.8. The van der Waals surface area contributed by atoms with E-state index in [1.165, 1.54) is 32.9 Å². The lowest BCUT2D eigenvalue weighted by atomic mass is 9.44. The maximum atomic E-state index is 17.7. The fraction of sp³-hybridized carbons (Fsp3) is 0.521. The summed E-state index contributed by atoms with van der Waals surface area (Å²) in [5, 5.41) is 40.0. The molecule has 360 valence electrons. The summed E-state index contributed by atoms with van der Waals surface area (Å²) in [5.41, 5.74) is -4.27. The molecular weight excluding hydrogens is 895 g/mol. The van der Waals surface area contributed by atoms with Crippen LogP contribution < -0.4 is 21.3 Å². The smallest absolute Gasteiger partial charge is 0.304 e. The molecule has 5 aliphatic rings. The zero-order chi connectivity index (χ0) is 48.8. The van der Waals surface area contributed by atoms with E-state index in [2.05, 4.69) is 33.9 Å². The highest BCUT2D eigenvalue weighted by atomic mass is 32.1. The number of aliphatic hydroxyl groups excluding tert-OH is 2. The number of carbonyl (C=O) groups excluding carboxylic acids is 6. The number of anilines is 1. The number of hydrogen-bond donors (Lipinski definition) is 8. The second-order valence-corrected chi connectivity index (χ2v) is 19.4. The van der Waals surface area contributed by atoms with Crippen LogP contribution in [0.4, 0.5) is 14.5 Å². The number of halogens is 2. The zero-order valence-corrected chi connectivity index (χ0v) is 38.3. The highest BCUT2D eigenvalue weighted by molar-refractivity contribution is 7.81. The van der Waals surface area contributed by atoms with Crippen LogP contribution in [0.2, 0.25) is 0 Å². The van der Waals surface area contributed by atoms with Crippen molar-refractivity contribution in [3.8, 4) is 0 Å². The third-order valence-electron chi connectivity index (χ3n) is 14.6. The number of ketones is 2. The number of allylic oxidation sites excluding steroid dienone is 4. The Morgan fingerprint density at radius 2 is 1.64 bits per heavy atom. The molecule has 19 heteroatoms. The zero-order valence-electron chi connectivity index (χ0n) is 37.4. The summed E-state index contributed by atoms with van der Waals surface area (Å²) in [7, 11) is 0. The number of benzene rings is 2. The molecule has 0 bridgehead atoms. The largest absolute Gasteiger partial charge is 0.481 e. The second kappa shape index (κ2) is 19.0. The van der Waals surface area contributed by atoms with Gasteiger partial charge in [-0.2, -0.15) is 12.6 Å². The number of carboxylic acids is 1. The van der Waals surface area contributed by atoms with Gasteiger partial charge in [0.05, 0.1) is 23.9 Å². The third-order valence-corrected chi connectivity index (χ3v) is 15.0. The Morgan fingerprint density at radius 3 is 2.33 bits per heavy atom. The Hall–Kier alpha value is -5.34. The lowest BCUT2D eigenvalue weighted by Gasteiger charge is -2.63. The van der Waals surface area contributed by atoms with Crippen molar-refractivity contribution in [3.05, 3.63) is 89.0 Å². The SMILES string of the molecule is C[C@H](NC(=O)CCNC(=O)C(S)CC(=O)O)C(=O)N[C@@H](C)C(=O)Nc1cccc(Cc2ccc([C@@H]3O[C@@H]4CC5[C@@H]6C[C@H](F)C7=CC(=O)C=C[C@]7(C)[C@@]6(F)[C@@H](O)C[C@]5(C)[C@]4(C(=O)CO)O3)cc2)c1. The van der Waals surface area contributed by atoms with E-state index in [-0.39, 0.29) is 37.8 Å². The number of amides is 4. The minimum Gasteiger partial charge on any atom is -0.481 e. The lowest BCUT2D eigenvalue weighted by Crippen LogP contribution is -2.70. The fourth-order valence-corrected chi connectivity index (χ4v) is 11.5. The van der Waals surface area contributed by atoms with Crippen LogP contribution in [0.15, 0.2) is 72.3 Å². The van der Waals surface area contributed by atoms with Crippen LogP contribution in [-0.2, 0) is 49.5 Å². The van der Waals surface area contributed by atoms with Gasteiger partial charge >= 0.3 is 5.97 Å². The summed E-state index contributed by atoms with van der Waals surface area (Å²) in [4.78, 5) is 87.0. The average Bonchev–Trinajstić information content (AvgIpc) is 3.78. The summed E-state index contributed by atoms with van der Waals surface area (Å²) in [6.45, 7) is 5.14. The third kappa shape index (κ3) is 8.96. The summed E-state index contributed by atoms with van der Waals surface area (Å²) in [6, 6.07) is 12.3. The molecule has 2 unspecified atom stereocenters. The van der Waals surface area contributed by atoms with E-state index in [9.17, 15) is 43.8 Å². The van der Waals surface area contributed by atoms with Gasteiger partial charge in [0.1, 0.15) is 24.9 Å². The highest BCUT2D eigenvalue weighted by Crippen LogP contribution is 2.72. The number of fused-ring (bicyclic) bond motifs is 7. The Kier molecular flexibility index (Phi) is 14.0. The van der Waals surface area contributed by atoms with E-state index in [1.54, 1.807) is 37.3 Å². The van der Waals surface area contributed by atoms with Crippen LogP contribution in [0.5, 0.6) is 0 Å². The van der Waals surface area contributed by atoms with Gasteiger partial charge in [0.25, 0.3) is 0 Å². The van der Waals surface area contributed by atoms with Gasteiger partial charge in [0.2, 0.25) is 23.6 Å². The maximum Gasteiger partial charge on any atom is 0.304 e. The molecule has 67 heavy (non-hydrogen) atoms. The number of carboxylic acid groups (broad SMARTS) is 1. The van der Waals surface area contributed by atoms with Crippen molar-refractivity contribution in [2.45, 2.75) is 119 Å². The van der Waals surface area contributed by atoms with Crippen LogP contribution in [-0.4, -0.2) is 117 Å². The molecule has 0 spiro atoms. The van der Waals surface area contributed by atoms with Crippen LogP contribution in [0.25, 0.3) is 0 Å². The predicted octanol–water partition coefficient (Wildman–Crippen LogP) is 3.15. The number of aliphatic hydroxyl groups is 2. The summed E-state index contributed by atoms with van der Waals surface area (Å²) < 4.78 is 46.8. The monoisotopic (exact) mass is 950 g/mol. The van der Waals surface area contributed by atoms with E-state index in [0.29, 0.717) is 17.7 Å². The first-order chi connectivity index (χ1) is 31.6. The summed E-state index contributed by atoms with van der Waals surface area (Å²) in [6.07, 6.45) is -2.31. The van der Waals surface area contributed by atoms with E-state index < -0.39 is 130 Å². The van der Waals surface area contributed by atoms with Gasteiger partial charge in [-0.3, -0.25) is 33.6 Å². The first kappa shape index (κ1) is 49.6. The molecule has 13 atom stereocenters. The first-order valence-electron chi connectivity index (χ1n) is 22.3. The standard InChI is InChI=1S/C48H56F2N4O12S/c1-24(52-39(59)13-15-51-43(64)35(67)21-40(60)61)41(62)53-25(2)42(63)54-29-7-5-6-27(17-29)16-26-8-10-28(11-9-26)44-65-38-20-31-32-19-34(49)33-18-30(56)12-14-45(33,3)47(32,50)36(57)22-46(31,4)48(38,66-44)37(58)23-55/h5-12,14,17-18,24-25,31-32,34-36,38,44,55,57,67H,13,15-16,19-23H2,1-4H3,(H,51,64)(H,52,59)(H,53,62)(H,54,63)(H,60,61)/t24-,25-,31?,32-,34-,35?,36-,38+,44+,45-,46-,47-,48+/m0/s1. The fourth-order valence-electron chi connectivity index (χ4n) is 11.2. The number of aliphatic carboxylic acids is 1. The second-order valence-electron chi connectivity index (χ2n) is 18.8. The van der Waals surface area contributed by atoms with Crippen molar-refractivity contribution < 1.29 is 67.1 Å². The van der Waals surface area contributed by atoms with Crippen molar-refractivity contribution in [1.29, 1.82) is 0 Å². The number of alkyl halides is 2. The molecule has 4 fully saturated rings. The van der Waals surface area contributed by atoms with Gasteiger partial charge in [-0.25, -0.2) is 8.78 Å². The van der Waals surface area contributed by atoms with Crippen LogP contribution in [0, 0.1) is 22.7 Å². The molecule has 4 aliphatic carbocycles. The van der Waals surface area contributed by atoms with Crippen LogP contribution in [0.1, 0.15) is 82.8 Å². The van der Waals surface area contributed by atoms with Crippen molar-refractivity contribution >= 4 is 59.5 Å². The number of nitrogens with one attached hydrogen (secondary N) is 4. The van der Waals surface area contributed by atoms with Gasteiger partial charge in [-0.05, 0) is 93.4 Å². The Morgan fingerprint density at radius 1 is 0.940 bits per heavy atom. The number of thiol groups is 1. The van der Waals surface area contributed by atoms with E-state index in [0.717, 1.165) is 17.2 Å². The number of hydrogen-bond acceptors (Lipinski definition) is 12. The molecule has 1 heterocycles. The highest BCUT2D eigenvalue weighted by Gasteiger charge is 2.80. The molecule has 0 aromatic heterocycles. The summed E-state index contributed by atoms with van der Waals surface area (Å²) >= 11 is 3.92. The number of ether oxygens (including phenoxy) is 2. The van der Waals surface area contributed by atoms with Crippen molar-refractivity contribution in [1.82, 2.24) is 16.0 Å². The molecule has 2 aromatic carbocycles. The molecule has 0 radical (unpaired) electrons. The van der Waals surface area contributed by atoms with Crippen molar-refractivity contribution in [3.63, 3.8) is 0 Å². The van der Waals surface area contributed by atoms with Gasteiger partial charge in [0, 0.05) is 41.0 Å². The van der Waals surface area contributed by atoms with Gasteiger partial charge in [0.15, 0.2) is 29.1 Å². The molecule has 3 saturated carbocycles. The average molecular weight is 951 g/mol. The molecule has 7 rings (SSSR count). The molecule has 1 aliphatic heterocycles. The quantitative estimate of drug-likeness (QED) is 0.113. The summed E-state index contributed by atoms with van der Waals surface area (Å²) in [5.74, 6) is -6.41. The molecule has 16 nitrogen and oxygen atoms in total. The molecule has 7 N–H and O–H groups in total. The van der Waals surface area contributed by atoms with Crippen molar-refractivity contribution in [2.75, 3.05) is 18.5 Å². The lowest BCUT2D eigenvalue weighted by molar-refractivity contribution is -0.235. The van der Waals surface area contributed by atoms with Gasteiger partial charge in [-0.1, -0.05) is 49.4 Å². The molecular formula is C48H56F2N4O12S. The number of Topliss-reactive ketones (excluding diaryl/α,β-unsaturated/α-hetero) is 1. The van der Waals surface area contributed by atoms with Crippen LogP contribution in [0.3, 0.4) is 0 Å². The van der Waals surface area contributed by atoms with Crippen LogP contribution >= 0.6 is 12.6 Å². The predicted molar refractivity (Wildman–Crippen MR) is 240 cm³/mol. The Bertz CT molecular complexity index is 2400. The number of rotatable bonds is 16. The molecule has 2 aromatic rings. The molecule has 4 amide bonds. The van der Waals surface area contributed by atoms with E-state index >= 15 is 8.78 Å². The Balaban J connectivity index is 0.947. The Labute approximate surface area is 391 Å². The minimum absolute atomic E-state index is 0.00701. The minimum atomic E-state index is -2.36. The van der Waals surface area contributed by atoms with Gasteiger partial charge < -0.3 is 46.1 Å². The molecule has 1 saturated heterocycles. The van der Waals surface area contributed by atoms with Crippen molar-refractivity contribution in [2.24, 2.45) is 22.7 Å². The maximum absolute atomic E-state index is 17.7. The van der Waals surface area contributed by atoms with E-state index in [4.69, 9.17) is 14.6 Å². The van der Waals surface area contributed by atoms with E-state index in [1.807, 2.05) is 18.2 Å². The topological polar surface area (TPSA) is 247 Å². The first-order valence-corrected chi connectivity index (χ1v) is 22.8. The van der Waals surface area contributed by atoms with Gasteiger partial charge in [-0.15, -0.1) is 0 Å².